The second kappa shape index (κ2) is 9.19. The lowest BCUT2D eigenvalue weighted by molar-refractivity contribution is -0.113. The number of amides is 2. The molecule has 1 N–H and O–H groups in total. The molecule has 2 saturated heterocycles. The van der Waals surface area contributed by atoms with Gasteiger partial charge in [0.25, 0.3) is 5.91 Å². The molecule has 3 aliphatic heterocycles. The van der Waals surface area contributed by atoms with Crippen molar-refractivity contribution in [2.45, 2.75) is 12.8 Å². The molecule has 0 radical (unpaired) electrons. The highest BCUT2D eigenvalue weighted by Gasteiger charge is 2.28. The Labute approximate surface area is 176 Å². The van der Waals surface area contributed by atoms with E-state index < -0.39 is 11.9 Å². The third kappa shape index (κ3) is 4.93. The number of carbonyl (C=O) groups excluding carboxylic acids is 2. The predicted molar refractivity (Wildman–Crippen MR) is 113 cm³/mol. The molecule has 0 bridgehead atoms. The number of rotatable bonds is 2. The van der Waals surface area contributed by atoms with Crippen molar-refractivity contribution in [3.8, 4) is 5.75 Å². The second-order valence-electron chi connectivity index (χ2n) is 6.73. The summed E-state index contributed by atoms with van der Waals surface area (Å²) in [5.41, 5.74) is 3.69. The lowest BCUT2D eigenvalue weighted by Gasteiger charge is -2.28. The van der Waals surface area contributed by atoms with Crippen LogP contribution in [0.4, 0.5) is 9.18 Å². The van der Waals surface area contributed by atoms with Crippen molar-refractivity contribution in [2.24, 2.45) is 4.99 Å². The maximum atomic E-state index is 13.8. The Hall–Kier alpha value is -2.04. The lowest BCUT2D eigenvalue weighted by atomic mass is 10.2. The summed E-state index contributed by atoms with van der Waals surface area (Å²) in [7, 11) is 0. The van der Waals surface area contributed by atoms with Crippen molar-refractivity contribution < 1.29 is 18.7 Å². The fraction of sp³-hybridized carbons (Fsp3) is 0.421. The van der Waals surface area contributed by atoms with Gasteiger partial charge >= 0.3 is 6.09 Å². The number of hydrogen-bond acceptors (Lipinski definition) is 7. The van der Waals surface area contributed by atoms with Crippen LogP contribution in [-0.2, 0) is 4.79 Å². The summed E-state index contributed by atoms with van der Waals surface area (Å²) in [5.74, 6) is 0.935. The molecule has 0 aromatic heterocycles. The van der Waals surface area contributed by atoms with Gasteiger partial charge in [0.2, 0.25) is 0 Å². The van der Waals surface area contributed by atoms with Crippen LogP contribution in [0.15, 0.2) is 28.1 Å². The van der Waals surface area contributed by atoms with E-state index >= 15 is 0 Å². The molecular formula is C19H21FN4O3S2. The van der Waals surface area contributed by atoms with Crippen molar-refractivity contribution in [1.29, 1.82) is 0 Å². The Kier molecular flexibility index (Phi) is 6.41. The van der Waals surface area contributed by atoms with E-state index in [1.54, 1.807) is 22.7 Å². The molecule has 0 aliphatic carbocycles. The molecular weight excluding hydrogens is 415 g/mol. The molecule has 0 spiro atoms. The molecule has 10 heteroatoms. The van der Waals surface area contributed by atoms with Crippen LogP contribution in [-0.4, -0.2) is 64.8 Å². The van der Waals surface area contributed by atoms with Gasteiger partial charge in [-0.25, -0.2) is 14.6 Å². The van der Waals surface area contributed by atoms with E-state index in [0.717, 1.165) is 37.4 Å². The standard InChI is InChI=1S/C19H21FN4O3S2/c20-14-4-3-13(15(12-14)27-19(26)23-7-9-28-10-8-23)11-16-17(25)22-18(29-16)24-6-2-1-5-21-24/h3-4,11-12,21H,1-2,5-10H2. The number of amidine groups is 1. The summed E-state index contributed by atoms with van der Waals surface area (Å²) in [5, 5.41) is 2.49. The largest absolute Gasteiger partial charge is 0.415 e. The molecule has 0 atom stereocenters. The van der Waals surface area contributed by atoms with Crippen LogP contribution in [0.2, 0.25) is 0 Å². The number of thioether (sulfide) groups is 2. The smallest absolute Gasteiger partial charge is 0.409 e. The fourth-order valence-electron chi connectivity index (χ4n) is 3.13. The van der Waals surface area contributed by atoms with E-state index in [1.807, 2.05) is 5.01 Å². The molecule has 1 aromatic rings. The van der Waals surface area contributed by atoms with Gasteiger partial charge in [0, 0.05) is 49.3 Å². The molecule has 2 amide bonds. The van der Waals surface area contributed by atoms with Gasteiger partial charge in [0.15, 0.2) is 5.17 Å². The Morgan fingerprint density at radius 2 is 2.07 bits per heavy atom. The summed E-state index contributed by atoms with van der Waals surface area (Å²) in [6, 6.07) is 3.95. The Morgan fingerprint density at radius 1 is 1.24 bits per heavy atom. The van der Waals surface area contributed by atoms with Crippen LogP contribution in [0.25, 0.3) is 6.08 Å². The number of nitrogens with one attached hydrogen (secondary N) is 1. The van der Waals surface area contributed by atoms with Gasteiger partial charge in [-0.1, -0.05) is 0 Å². The van der Waals surface area contributed by atoms with Gasteiger partial charge in [-0.15, -0.1) is 0 Å². The Morgan fingerprint density at radius 3 is 2.83 bits per heavy atom. The van der Waals surface area contributed by atoms with Crippen molar-refractivity contribution >= 4 is 46.8 Å². The van der Waals surface area contributed by atoms with Crippen LogP contribution < -0.4 is 10.2 Å². The first-order chi connectivity index (χ1) is 14.1. The highest BCUT2D eigenvalue weighted by Crippen LogP contribution is 2.33. The Balaban J connectivity index is 1.51. The molecule has 3 aliphatic rings. The summed E-state index contributed by atoms with van der Waals surface area (Å²) in [6.45, 7) is 2.84. The molecule has 4 rings (SSSR count). The summed E-state index contributed by atoms with van der Waals surface area (Å²) < 4.78 is 19.3. The summed E-state index contributed by atoms with van der Waals surface area (Å²) in [4.78, 5) is 30.9. The normalized spacial score (nSPS) is 21.5. The van der Waals surface area contributed by atoms with Gasteiger partial charge in [0.05, 0.1) is 4.91 Å². The minimum atomic E-state index is -0.510. The number of aliphatic imine (C=N–C) groups is 1. The fourth-order valence-corrected chi connectivity index (χ4v) is 4.94. The molecule has 154 valence electrons. The SMILES string of the molecule is O=C1N=C(N2CCCCN2)SC1=Cc1ccc(F)cc1OC(=O)N1CCSCC1. The molecule has 7 nitrogen and oxygen atoms in total. The first kappa shape index (κ1) is 20.2. The zero-order valence-electron chi connectivity index (χ0n) is 15.7. The van der Waals surface area contributed by atoms with E-state index in [9.17, 15) is 14.0 Å². The zero-order chi connectivity index (χ0) is 20.2. The van der Waals surface area contributed by atoms with Crippen molar-refractivity contribution in [2.75, 3.05) is 37.7 Å². The van der Waals surface area contributed by atoms with E-state index in [2.05, 4.69) is 10.4 Å². The summed E-state index contributed by atoms with van der Waals surface area (Å²) in [6.07, 6.45) is 3.22. The highest BCUT2D eigenvalue weighted by molar-refractivity contribution is 8.18. The molecule has 29 heavy (non-hydrogen) atoms. The van der Waals surface area contributed by atoms with E-state index in [1.165, 1.54) is 30.0 Å². The van der Waals surface area contributed by atoms with Crippen molar-refractivity contribution in [1.82, 2.24) is 15.3 Å². The quantitative estimate of drug-likeness (QED) is 0.715. The average molecular weight is 437 g/mol. The average Bonchev–Trinajstić information content (AvgIpc) is 3.11. The van der Waals surface area contributed by atoms with Gasteiger partial charge < -0.3 is 9.64 Å². The second-order valence-corrected chi connectivity index (χ2v) is 8.96. The minimum Gasteiger partial charge on any atom is -0.409 e. The van der Waals surface area contributed by atoms with Crippen LogP contribution >= 0.6 is 23.5 Å². The summed E-state index contributed by atoms with van der Waals surface area (Å²) >= 11 is 3.04. The molecule has 2 fully saturated rings. The molecule has 1 aromatic carbocycles. The van der Waals surface area contributed by atoms with Crippen molar-refractivity contribution in [3.63, 3.8) is 0 Å². The maximum Gasteiger partial charge on any atom is 0.415 e. The number of benzene rings is 1. The number of halogens is 1. The number of nitrogens with zero attached hydrogens (tertiary/aromatic N) is 3. The minimum absolute atomic E-state index is 0.0960. The number of ether oxygens (including phenoxy) is 1. The van der Waals surface area contributed by atoms with Crippen LogP contribution in [0.5, 0.6) is 5.75 Å². The van der Waals surface area contributed by atoms with Gasteiger partial charge in [-0.05, 0) is 42.8 Å². The van der Waals surface area contributed by atoms with Crippen LogP contribution in [0.3, 0.4) is 0 Å². The lowest BCUT2D eigenvalue weighted by Crippen LogP contribution is -2.45. The first-order valence-corrected chi connectivity index (χ1v) is 11.4. The third-order valence-electron chi connectivity index (χ3n) is 4.68. The number of carbonyl (C=O) groups is 2. The maximum absolute atomic E-state index is 13.8. The number of hydrazine groups is 1. The number of hydrogen-bond donors (Lipinski definition) is 1. The topological polar surface area (TPSA) is 74.2 Å². The van der Waals surface area contributed by atoms with E-state index in [0.29, 0.717) is 28.7 Å². The van der Waals surface area contributed by atoms with Gasteiger partial charge in [-0.2, -0.15) is 16.8 Å². The Bertz CT molecular complexity index is 865. The molecule has 3 heterocycles. The van der Waals surface area contributed by atoms with Crippen molar-refractivity contribution in [3.05, 3.63) is 34.5 Å². The molecule has 0 unspecified atom stereocenters. The third-order valence-corrected chi connectivity index (χ3v) is 6.63. The monoisotopic (exact) mass is 436 g/mol. The zero-order valence-corrected chi connectivity index (χ0v) is 17.4. The van der Waals surface area contributed by atoms with E-state index in [-0.39, 0.29) is 11.7 Å². The first-order valence-electron chi connectivity index (χ1n) is 9.48. The van der Waals surface area contributed by atoms with Gasteiger partial charge in [-0.3, -0.25) is 9.80 Å². The predicted octanol–water partition coefficient (Wildman–Crippen LogP) is 2.94. The van der Waals surface area contributed by atoms with Crippen LogP contribution in [0, 0.1) is 5.82 Å². The van der Waals surface area contributed by atoms with Crippen LogP contribution in [0.1, 0.15) is 18.4 Å². The van der Waals surface area contributed by atoms with E-state index in [4.69, 9.17) is 4.74 Å². The van der Waals surface area contributed by atoms with Gasteiger partial charge in [0.1, 0.15) is 11.6 Å². The molecule has 0 saturated carbocycles. The highest BCUT2D eigenvalue weighted by atomic mass is 32.2.